The largest absolute Gasteiger partial charge is 0.508 e. The summed E-state index contributed by atoms with van der Waals surface area (Å²) in [5.74, 6) is -6.26. The predicted molar refractivity (Wildman–Crippen MR) is 304 cm³/mol. The maximum absolute atomic E-state index is 14.6. The maximum atomic E-state index is 14.6. The lowest BCUT2D eigenvalue weighted by Crippen LogP contribution is -2.59. The number of benzene rings is 4. The van der Waals surface area contributed by atoms with Gasteiger partial charge in [-0.15, -0.1) is 0 Å². The average molecular weight is 1210 g/mol. The van der Waals surface area contributed by atoms with E-state index in [4.69, 9.17) is 10.5 Å². The molecule has 10 N–H and O–H groups in total. The van der Waals surface area contributed by atoms with Gasteiger partial charge < -0.3 is 57.4 Å². The molecule has 0 radical (unpaired) electrons. The molecule has 7 amide bonds. The van der Waals surface area contributed by atoms with E-state index in [0.29, 0.717) is 51.9 Å². The Bertz CT molecular complexity index is 3110. The minimum Gasteiger partial charge on any atom is -0.508 e. The number of carbonyl (C=O) groups excluding carboxylic acids is 8. The molecule has 4 aromatic carbocycles. The number of esters is 1. The molecule has 19 nitrogen and oxygen atoms in total. The molecule has 1 aliphatic rings. The van der Waals surface area contributed by atoms with Crippen LogP contribution in [0.4, 0.5) is 26.3 Å². The molecule has 85 heavy (non-hydrogen) atoms. The third-order valence-corrected chi connectivity index (χ3v) is 14.6. The summed E-state index contributed by atoms with van der Waals surface area (Å²) in [5.41, 5.74) is 4.63. The Labute approximate surface area is 490 Å². The lowest BCUT2D eigenvalue weighted by atomic mass is 10.0. The Morgan fingerprint density at radius 3 is 1.98 bits per heavy atom. The van der Waals surface area contributed by atoms with Crippen molar-refractivity contribution in [2.24, 2.45) is 11.7 Å². The van der Waals surface area contributed by atoms with Crippen molar-refractivity contribution >= 4 is 70.0 Å². The monoisotopic (exact) mass is 1210 g/mol. The number of ether oxygens (including phenoxy) is 1. The van der Waals surface area contributed by atoms with Crippen molar-refractivity contribution in [1.29, 1.82) is 0 Å². The van der Waals surface area contributed by atoms with Gasteiger partial charge in [-0.05, 0) is 116 Å². The fourth-order valence-electron chi connectivity index (χ4n) is 9.57. The van der Waals surface area contributed by atoms with Gasteiger partial charge >= 0.3 is 18.3 Å². The molecule has 1 saturated heterocycles. The number of alkyl halides is 6. The number of nitrogens with one attached hydrogen (secondary N) is 7. The predicted octanol–water partition coefficient (Wildman–Crippen LogP) is 5.36. The third kappa shape index (κ3) is 19.5. The highest BCUT2D eigenvalue weighted by Gasteiger charge is 2.41. The molecule has 2 heterocycles. The van der Waals surface area contributed by atoms with Gasteiger partial charge in [-0.3, -0.25) is 33.6 Å². The van der Waals surface area contributed by atoms with E-state index in [1.165, 1.54) is 35.7 Å². The topological polar surface area (TPSA) is 283 Å². The molecule has 0 aliphatic carbocycles. The molecule has 26 heteroatoms. The number of aromatic nitrogens is 1. The number of H-pyrrole nitrogens is 1. The summed E-state index contributed by atoms with van der Waals surface area (Å²) in [6.45, 7) is 3.33. The molecule has 1 fully saturated rings. The minimum atomic E-state index is -5.17. The normalized spacial score (nSPS) is 15.6. The van der Waals surface area contributed by atoms with Crippen LogP contribution in [0.1, 0.15) is 79.8 Å². The zero-order chi connectivity index (χ0) is 62.2. The molecule has 0 bridgehead atoms. The minimum absolute atomic E-state index is 0.00450. The summed E-state index contributed by atoms with van der Waals surface area (Å²) in [6.07, 6.45) is -6.63. The van der Waals surface area contributed by atoms with E-state index < -0.39 is 132 Å². The number of rotatable bonds is 27. The molecule has 6 rings (SSSR count). The van der Waals surface area contributed by atoms with Crippen LogP contribution in [0.3, 0.4) is 0 Å². The van der Waals surface area contributed by atoms with Crippen molar-refractivity contribution < 1.29 is 74.5 Å². The summed E-state index contributed by atoms with van der Waals surface area (Å²) in [4.78, 5) is 115. The van der Waals surface area contributed by atoms with Gasteiger partial charge in [-0.1, -0.05) is 74.5 Å². The van der Waals surface area contributed by atoms with Crippen LogP contribution in [0.15, 0.2) is 103 Å². The number of carbonyl (C=O) groups is 8. The highest BCUT2D eigenvalue weighted by atomic mass is 32.2. The van der Waals surface area contributed by atoms with Crippen molar-refractivity contribution in [3.8, 4) is 5.75 Å². The first kappa shape index (κ1) is 66.0. The fourth-order valence-corrected chi connectivity index (χ4v) is 10.0. The summed E-state index contributed by atoms with van der Waals surface area (Å²) in [5, 5.41) is 25.9. The van der Waals surface area contributed by atoms with Crippen LogP contribution in [0.2, 0.25) is 0 Å². The van der Waals surface area contributed by atoms with Crippen molar-refractivity contribution in [2.75, 3.05) is 25.1 Å². The zero-order valence-electron chi connectivity index (χ0n) is 47.0. The molecule has 458 valence electrons. The van der Waals surface area contributed by atoms with Gasteiger partial charge in [0, 0.05) is 36.5 Å². The number of thioether (sulfide) groups is 1. The van der Waals surface area contributed by atoms with E-state index in [1.54, 1.807) is 93.0 Å². The van der Waals surface area contributed by atoms with Gasteiger partial charge in [-0.25, -0.2) is 4.79 Å². The first-order chi connectivity index (χ1) is 40.2. The Balaban J connectivity index is 1.14. The number of aromatic amines is 1. The van der Waals surface area contributed by atoms with Crippen LogP contribution in [-0.4, -0.2) is 130 Å². The number of phenols is 1. The van der Waals surface area contributed by atoms with Crippen LogP contribution in [0, 0.1) is 5.92 Å². The highest BCUT2D eigenvalue weighted by Crippen LogP contribution is 2.37. The van der Waals surface area contributed by atoms with Gasteiger partial charge in [0.05, 0.1) is 23.7 Å². The number of amides is 7. The number of hydrogen-bond donors (Lipinski definition) is 9. The molecule has 0 unspecified atom stereocenters. The second-order valence-corrected chi connectivity index (χ2v) is 22.1. The summed E-state index contributed by atoms with van der Waals surface area (Å²) >= 11 is 1.38. The number of aromatic hydroxyl groups is 1. The average Bonchev–Trinajstić information content (AvgIpc) is 3.58. The smallest absolute Gasteiger partial charge is 0.416 e. The summed E-state index contributed by atoms with van der Waals surface area (Å²) < 4.78 is 87.6. The van der Waals surface area contributed by atoms with Gasteiger partial charge in [0.15, 0.2) is 0 Å². The number of halogens is 6. The number of fused-ring (bicyclic) bond motifs is 1. The van der Waals surface area contributed by atoms with Crippen molar-refractivity contribution in [2.45, 2.75) is 127 Å². The lowest BCUT2D eigenvalue weighted by molar-refractivity contribution is -0.149. The molecule has 0 spiro atoms. The first-order valence-corrected chi connectivity index (χ1v) is 28.7. The number of hydrogen-bond acceptors (Lipinski definition) is 12. The number of nitrogens with two attached hydrogens (primary N) is 1. The second kappa shape index (κ2) is 30.1. The van der Waals surface area contributed by atoms with Gasteiger partial charge in [0.2, 0.25) is 41.4 Å². The van der Waals surface area contributed by atoms with E-state index in [0.717, 1.165) is 0 Å². The Hall–Kier alpha value is -8.13. The van der Waals surface area contributed by atoms with Crippen LogP contribution in [0.25, 0.3) is 10.9 Å². The Kier molecular flexibility index (Phi) is 23.4. The Morgan fingerprint density at radius 1 is 0.706 bits per heavy atom. The van der Waals surface area contributed by atoms with Crippen LogP contribution < -0.4 is 37.6 Å². The molecule has 5 aromatic rings. The van der Waals surface area contributed by atoms with E-state index in [2.05, 4.69) is 36.9 Å². The second-order valence-electron chi connectivity index (χ2n) is 21.1. The molecular weight excluding hydrogens is 1140 g/mol. The van der Waals surface area contributed by atoms with Crippen LogP contribution in [-0.2, 0) is 81.3 Å². The summed E-state index contributed by atoms with van der Waals surface area (Å²) in [6, 6.07) is 13.6. The van der Waals surface area contributed by atoms with Crippen molar-refractivity contribution in [1.82, 2.24) is 41.8 Å². The van der Waals surface area contributed by atoms with Crippen LogP contribution >= 0.6 is 11.8 Å². The summed E-state index contributed by atoms with van der Waals surface area (Å²) in [7, 11) is 0. The third-order valence-electron chi connectivity index (χ3n) is 14.0. The van der Waals surface area contributed by atoms with Gasteiger partial charge in [0.1, 0.15) is 48.6 Å². The van der Waals surface area contributed by atoms with Crippen LogP contribution in [0.5, 0.6) is 5.75 Å². The van der Waals surface area contributed by atoms with E-state index in [9.17, 15) is 69.8 Å². The zero-order valence-corrected chi connectivity index (χ0v) is 47.9. The highest BCUT2D eigenvalue weighted by molar-refractivity contribution is 7.98. The molecule has 0 saturated carbocycles. The number of likely N-dealkylation sites (tertiary alicyclic amines) is 1. The molecule has 1 aliphatic heterocycles. The first-order valence-electron chi connectivity index (χ1n) is 27.4. The van der Waals surface area contributed by atoms with Gasteiger partial charge in [0.25, 0.3) is 0 Å². The van der Waals surface area contributed by atoms with Crippen molar-refractivity contribution in [3.05, 3.63) is 137 Å². The lowest BCUT2D eigenvalue weighted by Gasteiger charge is -2.31. The molecule has 7 atom stereocenters. The van der Waals surface area contributed by atoms with Gasteiger partial charge in [-0.2, -0.15) is 38.1 Å². The number of nitrogens with zero attached hydrogens (tertiary/aromatic N) is 1. The molecule has 1 aromatic heterocycles. The standard InChI is InChI=1S/C59H69F6N9O10S/c1-33(2)23-46(53(79)73-48(28-38-30-67-44-14-9-8-13-42(38)44)57(83)84-32-37-24-39(58(60,61)62)29-40(25-37)59(63,64)65)72-55(81)49-15-10-21-74(49)56(82)45(20-22-85-4)71-54(80)47(27-35-11-6-5-7-12-35)70-50(76)31-68-51(77)34(3)69-52(78)43(66)26-36-16-18-41(75)19-17-36/h5-9,11-14,16-19,24-25,29-30,33-34,43,45-49,67,75H,10,15,20-23,26-28,31-32,66H2,1-4H3,(H,68,77)(H,69,78)(H,70,76)(H,71,80)(H,72,81)(H,73,79)/t34-,43+,45+,46+,47+,48+,49-/m1/s1. The number of phenolic OH excluding ortho intramolecular Hbond substituents is 1. The molecular formula is C59H69F6N9O10S. The number of para-hydroxylation sites is 1. The Morgan fingerprint density at radius 2 is 1.33 bits per heavy atom. The maximum Gasteiger partial charge on any atom is 0.416 e. The fraction of sp³-hybridized carbons (Fsp3) is 0.424. The van der Waals surface area contributed by atoms with E-state index in [1.807, 2.05) is 0 Å². The quantitative estimate of drug-likeness (QED) is 0.0237. The SMILES string of the molecule is CSCC[C@H](NC(=O)[C@H](Cc1ccccc1)NC(=O)CNC(=O)[C@@H](C)NC(=O)[C@@H](N)Cc1ccc(O)cc1)C(=O)N1CCC[C@@H]1C(=O)N[C@@H](CC(C)C)C(=O)N[C@@H](Cc1c[nH]c2ccccc12)C(=O)OCc1cc(C(F)(F)F)cc(C(F)(F)F)c1. The van der Waals surface area contributed by atoms with Crippen molar-refractivity contribution in [3.63, 3.8) is 0 Å². The van der Waals surface area contributed by atoms with E-state index >= 15 is 0 Å². The van der Waals surface area contributed by atoms with E-state index in [-0.39, 0.29) is 62.8 Å².